The number of benzene rings is 8. The van der Waals surface area contributed by atoms with Crippen molar-refractivity contribution in [1.29, 1.82) is 0 Å². The zero-order chi connectivity index (χ0) is 60.4. The van der Waals surface area contributed by atoms with Crippen molar-refractivity contribution in [3.05, 3.63) is 168 Å². The largest absolute Gasteiger partial charge is 2.00 e. The molecule has 4 amide bonds. The summed E-state index contributed by atoms with van der Waals surface area (Å²) in [5.41, 5.74) is -0.311. The third kappa shape index (κ3) is 12.2. The summed E-state index contributed by atoms with van der Waals surface area (Å²) in [7, 11) is 0. The summed E-state index contributed by atoms with van der Waals surface area (Å²) in [4.78, 5) is 82.7. The minimum Gasteiger partial charge on any atom is -0.550 e. The molecule has 0 fully saturated rings. The molecule has 0 aliphatic carbocycles. The second-order valence-corrected chi connectivity index (χ2v) is 22.2. The van der Waals surface area contributed by atoms with Crippen molar-refractivity contribution in [2.45, 2.75) is 101 Å². The molecule has 436 valence electrons. The zero-order valence-corrected chi connectivity index (χ0v) is 49.6. The maximum Gasteiger partial charge on any atom is 2.00 e. The number of aliphatic carboxylic acids is 2. The third-order valence-electron chi connectivity index (χ3n) is 16.2. The number of hydrogen-bond acceptors (Lipinski definition) is 12. The van der Waals surface area contributed by atoms with Crippen LogP contribution in [0, 0.1) is 23.5 Å². The first kappa shape index (κ1) is 63.6. The van der Waals surface area contributed by atoms with Crippen LogP contribution in [-0.2, 0) is 39.6 Å². The summed E-state index contributed by atoms with van der Waals surface area (Å²) in [6.45, 7) is 7.19. The molecule has 8 aromatic rings. The molecule has 0 aromatic heterocycles. The molecule has 2 aliphatic heterocycles. The quantitative estimate of drug-likeness (QED) is 0.0258. The molecule has 0 saturated heterocycles. The van der Waals surface area contributed by atoms with Gasteiger partial charge in [-0.25, -0.2) is 8.78 Å². The van der Waals surface area contributed by atoms with E-state index in [9.17, 15) is 68.2 Å². The molecule has 0 bridgehead atoms. The SMILES string of the molecule is CC(C)C1(C(=O)Nc2ccccc2)C(=O)N(CC[C@@H](O)C[C@@H](O)CC(=O)[O-])c2c1c1ccccc1c1cc(F)ccc21.CC(C)C1(C(=O)Nc2ccccc2)C(=O)N(CC[C@@H](O)C[C@@H](O)CC(=O)[O-])c2c1c1ccccc1c1cc(F)ccc21.[Ca+2]. The van der Waals surface area contributed by atoms with Crippen LogP contribution in [0.1, 0.15) is 77.3 Å². The van der Waals surface area contributed by atoms with Gasteiger partial charge in [-0.2, -0.15) is 0 Å². The normalized spacial score (nSPS) is 17.7. The summed E-state index contributed by atoms with van der Waals surface area (Å²) in [6.07, 6.45) is -6.59. The van der Waals surface area contributed by atoms with Crippen LogP contribution in [0.4, 0.5) is 31.5 Å². The molecule has 0 saturated carbocycles. The summed E-state index contributed by atoms with van der Waals surface area (Å²) < 4.78 is 29.1. The van der Waals surface area contributed by atoms with Crippen LogP contribution in [0.3, 0.4) is 0 Å². The Balaban J connectivity index is 0.000000219. The zero-order valence-electron chi connectivity index (χ0n) is 47.4. The van der Waals surface area contributed by atoms with Crippen LogP contribution in [0.2, 0.25) is 0 Å². The number of para-hydroxylation sites is 2. The average molecular weight is 1180 g/mol. The third-order valence-corrected chi connectivity index (χ3v) is 16.2. The summed E-state index contributed by atoms with van der Waals surface area (Å²) in [5, 5.41) is 73.9. The summed E-state index contributed by atoms with van der Waals surface area (Å²) in [5.74, 6) is -6.75. The molecular weight excluding hydrogens is 1120 g/mol. The van der Waals surface area contributed by atoms with E-state index in [1.54, 1.807) is 60.7 Å². The van der Waals surface area contributed by atoms with Crippen molar-refractivity contribution in [2.75, 3.05) is 33.5 Å². The number of carboxylic acids is 2. The molecule has 19 heteroatoms. The van der Waals surface area contributed by atoms with E-state index < -0.39 is 107 Å². The Morgan fingerprint density at radius 1 is 0.471 bits per heavy atom. The second kappa shape index (κ2) is 26.5. The molecule has 6 N–H and O–H groups in total. The van der Waals surface area contributed by atoms with Crippen LogP contribution in [0.5, 0.6) is 0 Å². The standard InChI is InChI=1S/2C33H33FN2O6.Ca/c2*1-19(2)33(31(41)35-21-8-4-3-5-9-21)29-25-11-7-6-10-24(25)27-16-20(34)12-13-26(27)30(29)36(32(33)42)15-14-22(37)17-23(38)18-28(39)40;/h2*3-13,16,19,22-23,37-38H,14-15,17-18H2,1-2H3,(H,35,41)(H,39,40);/q;;+2/p-2/t2*22-,23-,33?;/m11./s1. The van der Waals surface area contributed by atoms with Crippen molar-refractivity contribution < 1.29 is 68.2 Å². The number of carbonyl (C=O) groups is 6. The van der Waals surface area contributed by atoms with Gasteiger partial charge >= 0.3 is 37.7 Å². The first-order valence-electron chi connectivity index (χ1n) is 27.9. The van der Waals surface area contributed by atoms with E-state index in [0.29, 0.717) is 77.0 Å². The molecule has 16 nitrogen and oxygen atoms in total. The molecule has 2 aliphatic rings. The fourth-order valence-electron chi connectivity index (χ4n) is 12.4. The van der Waals surface area contributed by atoms with Crippen LogP contribution < -0.4 is 30.6 Å². The van der Waals surface area contributed by atoms with E-state index in [-0.39, 0.29) is 76.5 Å². The number of aliphatic hydroxyl groups is 4. The molecule has 10 rings (SSSR count). The topological polar surface area (TPSA) is 260 Å². The Labute approximate surface area is 519 Å². The fourth-order valence-corrected chi connectivity index (χ4v) is 12.4. The minimum atomic E-state index is -1.66. The first-order valence-corrected chi connectivity index (χ1v) is 27.9. The smallest absolute Gasteiger partial charge is 0.550 e. The average Bonchev–Trinajstić information content (AvgIpc) is 1.58. The van der Waals surface area contributed by atoms with Gasteiger partial charge in [0, 0.05) is 71.1 Å². The molecule has 8 aromatic carbocycles. The van der Waals surface area contributed by atoms with E-state index >= 15 is 0 Å². The maximum absolute atomic E-state index is 14.7. The number of fused-ring (bicyclic) bond motifs is 12. The molecule has 2 unspecified atom stereocenters. The first-order chi connectivity index (χ1) is 40.1. The Morgan fingerprint density at radius 3 is 1.13 bits per heavy atom. The van der Waals surface area contributed by atoms with E-state index in [1.807, 2.05) is 88.4 Å². The number of nitrogens with zero attached hydrogens (tertiary/aromatic N) is 2. The van der Waals surface area contributed by atoms with Crippen molar-refractivity contribution in [2.24, 2.45) is 11.8 Å². The Morgan fingerprint density at radius 2 is 0.800 bits per heavy atom. The van der Waals surface area contributed by atoms with Crippen LogP contribution in [0.25, 0.3) is 43.1 Å². The number of aliphatic hydroxyl groups excluding tert-OH is 4. The van der Waals surface area contributed by atoms with E-state index in [4.69, 9.17) is 0 Å². The molecule has 2 heterocycles. The fraction of sp³-hybridized carbons (Fsp3) is 0.303. The van der Waals surface area contributed by atoms with Crippen molar-refractivity contribution in [1.82, 2.24) is 0 Å². The number of anilines is 4. The summed E-state index contributed by atoms with van der Waals surface area (Å²) >= 11 is 0. The number of carbonyl (C=O) groups excluding carboxylic acids is 6. The van der Waals surface area contributed by atoms with E-state index in [0.717, 1.165) is 0 Å². The molecular formula is C66H64CaF2N4O12. The second-order valence-electron chi connectivity index (χ2n) is 22.2. The van der Waals surface area contributed by atoms with Gasteiger partial charge in [-0.05, 0) is 131 Å². The van der Waals surface area contributed by atoms with Crippen LogP contribution in [0.15, 0.2) is 146 Å². The number of hydrogen-bond donors (Lipinski definition) is 6. The number of rotatable bonds is 20. The number of amides is 4. The minimum absolute atomic E-state index is 0. The van der Waals surface area contributed by atoms with E-state index in [2.05, 4.69) is 10.6 Å². The van der Waals surface area contributed by atoms with Gasteiger partial charge in [0.25, 0.3) is 0 Å². The molecule has 6 atom stereocenters. The van der Waals surface area contributed by atoms with Crippen LogP contribution >= 0.6 is 0 Å². The van der Waals surface area contributed by atoms with Gasteiger partial charge in [0.15, 0.2) is 10.8 Å². The van der Waals surface area contributed by atoms with E-state index in [1.165, 1.54) is 34.1 Å². The maximum atomic E-state index is 14.7. The van der Waals surface area contributed by atoms with Crippen molar-refractivity contribution >= 4 is 139 Å². The van der Waals surface area contributed by atoms with Crippen LogP contribution in [-0.4, -0.2) is 131 Å². The molecule has 0 spiro atoms. The predicted octanol–water partition coefficient (Wildman–Crippen LogP) is 6.93. The van der Waals surface area contributed by atoms with Crippen molar-refractivity contribution in [3.63, 3.8) is 0 Å². The summed E-state index contributed by atoms with van der Waals surface area (Å²) in [6, 6.07) is 40.9. The number of nitrogens with one attached hydrogen (secondary N) is 2. The Kier molecular flexibility index (Phi) is 19.8. The molecule has 0 radical (unpaired) electrons. The van der Waals surface area contributed by atoms with Gasteiger partial charge in [0.05, 0.1) is 35.8 Å². The number of halogens is 2. The van der Waals surface area contributed by atoms with Crippen molar-refractivity contribution in [3.8, 4) is 0 Å². The van der Waals surface area contributed by atoms with Gasteiger partial charge in [-0.1, -0.05) is 113 Å². The van der Waals surface area contributed by atoms with Gasteiger partial charge in [0.2, 0.25) is 23.6 Å². The Bertz CT molecular complexity index is 3600. The van der Waals surface area contributed by atoms with Gasteiger partial charge in [-0.15, -0.1) is 0 Å². The van der Waals surface area contributed by atoms with Gasteiger partial charge < -0.3 is 60.7 Å². The van der Waals surface area contributed by atoms with Gasteiger partial charge in [-0.3, -0.25) is 19.2 Å². The molecule has 85 heavy (non-hydrogen) atoms. The van der Waals surface area contributed by atoms with Gasteiger partial charge in [0.1, 0.15) is 11.6 Å². The predicted molar refractivity (Wildman–Crippen MR) is 318 cm³/mol. The number of carboxylic acid groups (broad SMARTS) is 2. The Hall–Kier alpha value is -7.42. The monoisotopic (exact) mass is 1180 g/mol.